The molecule has 6 nitrogen and oxygen atoms in total. The van der Waals surface area contributed by atoms with Gasteiger partial charge in [0.25, 0.3) is 5.91 Å². The molecule has 0 radical (unpaired) electrons. The third-order valence-corrected chi connectivity index (χ3v) is 5.17. The maximum absolute atomic E-state index is 13.5. The molecule has 1 aromatic carbocycles. The number of fused-ring (bicyclic) bond motifs is 1. The van der Waals surface area contributed by atoms with Crippen molar-refractivity contribution in [1.29, 1.82) is 0 Å². The molecule has 0 bridgehead atoms. The fourth-order valence-corrected chi connectivity index (χ4v) is 3.33. The van der Waals surface area contributed by atoms with Crippen LogP contribution >= 0.6 is 0 Å². The molecule has 0 spiro atoms. The fraction of sp³-hybridized carbons (Fsp3) is 0.381. The predicted octanol–water partition coefficient (Wildman–Crippen LogP) is 5.14. The van der Waals surface area contributed by atoms with Gasteiger partial charge in [0.15, 0.2) is 5.76 Å². The molecule has 2 aromatic rings. The Balaban J connectivity index is 1.85. The van der Waals surface area contributed by atoms with Gasteiger partial charge in [-0.25, -0.2) is 5.43 Å². The van der Waals surface area contributed by atoms with Gasteiger partial charge < -0.3 is 9.73 Å². The molecule has 2 amide bonds. The summed E-state index contributed by atoms with van der Waals surface area (Å²) in [7, 11) is 0. The van der Waals surface area contributed by atoms with Crippen LogP contribution in [-0.2, 0) is 11.2 Å². The Hall–Kier alpha value is -3.38. The first-order valence-corrected chi connectivity index (χ1v) is 9.87. The third-order valence-electron chi connectivity index (χ3n) is 5.17. The van der Waals surface area contributed by atoms with Gasteiger partial charge in [-0.2, -0.15) is 35.8 Å². The molecule has 0 saturated carbocycles. The number of hydrogen-bond acceptors (Lipinski definition) is 4. The molecule has 3 rings (SSSR count). The molecular formula is C21H18F7N3O3. The van der Waals surface area contributed by atoms with E-state index in [9.17, 15) is 40.3 Å². The Labute approximate surface area is 188 Å². The Morgan fingerprint density at radius 1 is 0.971 bits per heavy atom. The number of carbonyl (C=O) groups is 2. The summed E-state index contributed by atoms with van der Waals surface area (Å²) in [6.07, 6.45) is -5.93. The molecule has 1 aromatic heterocycles. The lowest BCUT2D eigenvalue weighted by Gasteiger charge is -2.26. The highest BCUT2D eigenvalue weighted by atomic mass is 19.4. The number of halogens is 7. The highest BCUT2D eigenvalue weighted by molar-refractivity contribution is 6.09. The number of benzene rings is 1. The lowest BCUT2D eigenvalue weighted by atomic mass is 9.93. The lowest BCUT2D eigenvalue weighted by molar-refractivity contribution is -0.344. The quantitative estimate of drug-likeness (QED) is 0.447. The van der Waals surface area contributed by atoms with Gasteiger partial charge in [0.2, 0.25) is 0 Å². The normalized spacial score (nSPS) is 15.7. The van der Waals surface area contributed by atoms with Gasteiger partial charge >= 0.3 is 23.9 Å². The molecule has 0 saturated heterocycles. The standard InChI is InChI=1S/C21H18F7N3O3/c1-10-6-8-12(9-7-10)29-17(32)16-11(2)15-13(4-3-5-14(15)34-16)30-31-18(33)19(22,23)20(24,25)21(26,27)28/h6-9H,3-5H2,1-2H3,(H,29,32)(H,31,33)/b30-13+. The first kappa shape index (κ1) is 25.2. The zero-order chi connectivity index (χ0) is 25.5. The predicted molar refractivity (Wildman–Crippen MR) is 106 cm³/mol. The van der Waals surface area contributed by atoms with Crippen LogP contribution in [0.1, 0.15) is 45.8 Å². The Bertz CT molecular complexity index is 1140. The first-order valence-electron chi connectivity index (χ1n) is 9.87. The topological polar surface area (TPSA) is 83.7 Å². The summed E-state index contributed by atoms with van der Waals surface area (Å²) in [5, 5.41) is 5.98. The summed E-state index contributed by atoms with van der Waals surface area (Å²) in [6, 6.07) is 6.85. The number of aryl methyl sites for hydroxylation is 2. The summed E-state index contributed by atoms with van der Waals surface area (Å²) in [5.74, 6) is -16.1. The second-order valence-corrected chi connectivity index (χ2v) is 7.67. The molecule has 0 atom stereocenters. The number of anilines is 1. The summed E-state index contributed by atoms with van der Waals surface area (Å²) in [6.45, 7) is 3.32. The number of hydrazone groups is 1. The number of amides is 2. The summed E-state index contributed by atoms with van der Waals surface area (Å²) >= 11 is 0. The maximum atomic E-state index is 13.5. The molecule has 1 aliphatic rings. The second kappa shape index (κ2) is 8.76. The zero-order valence-corrected chi connectivity index (χ0v) is 17.7. The van der Waals surface area contributed by atoms with Crippen LogP contribution in [0.5, 0.6) is 0 Å². The van der Waals surface area contributed by atoms with Gasteiger partial charge in [0.1, 0.15) is 5.76 Å². The fourth-order valence-electron chi connectivity index (χ4n) is 3.33. The van der Waals surface area contributed by atoms with Gasteiger partial charge in [0, 0.05) is 23.2 Å². The van der Waals surface area contributed by atoms with Crippen molar-refractivity contribution in [1.82, 2.24) is 5.43 Å². The van der Waals surface area contributed by atoms with Crippen LogP contribution in [-0.4, -0.2) is 35.5 Å². The van der Waals surface area contributed by atoms with Crippen molar-refractivity contribution < 1.29 is 44.7 Å². The van der Waals surface area contributed by atoms with Crippen LogP contribution in [0, 0.1) is 13.8 Å². The van der Waals surface area contributed by atoms with E-state index >= 15 is 0 Å². The number of furan rings is 1. The minimum atomic E-state index is -6.65. The van der Waals surface area contributed by atoms with E-state index in [1.807, 2.05) is 6.92 Å². The van der Waals surface area contributed by atoms with Crippen molar-refractivity contribution in [3.63, 3.8) is 0 Å². The van der Waals surface area contributed by atoms with Gasteiger partial charge in [-0.05, 0) is 38.8 Å². The number of rotatable bonds is 5. The third kappa shape index (κ3) is 4.50. The van der Waals surface area contributed by atoms with E-state index in [4.69, 9.17) is 4.42 Å². The largest absolute Gasteiger partial charge is 0.460 e. The Kier molecular flexibility index (Phi) is 6.51. The van der Waals surface area contributed by atoms with Crippen molar-refractivity contribution in [3.05, 3.63) is 52.5 Å². The summed E-state index contributed by atoms with van der Waals surface area (Å²) in [4.78, 5) is 24.1. The Morgan fingerprint density at radius 3 is 2.18 bits per heavy atom. The van der Waals surface area contributed by atoms with Gasteiger partial charge in [-0.3, -0.25) is 9.59 Å². The minimum absolute atomic E-state index is 0.0634. The summed E-state index contributed by atoms with van der Waals surface area (Å²) < 4.78 is 95.7. The highest BCUT2D eigenvalue weighted by Crippen LogP contribution is 2.46. The molecule has 0 unspecified atom stereocenters. The average molecular weight is 493 g/mol. The molecule has 0 aliphatic heterocycles. The van der Waals surface area contributed by atoms with Crippen LogP contribution in [0.3, 0.4) is 0 Å². The van der Waals surface area contributed by atoms with Crippen molar-refractivity contribution in [2.45, 2.75) is 51.1 Å². The molecule has 0 fully saturated rings. The number of alkyl halides is 7. The number of nitrogens with zero attached hydrogens (tertiary/aromatic N) is 1. The van der Waals surface area contributed by atoms with Crippen LogP contribution in [0.15, 0.2) is 33.8 Å². The molecule has 184 valence electrons. The highest BCUT2D eigenvalue weighted by Gasteiger charge is 2.76. The first-order chi connectivity index (χ1) is 15.7. The zero-order valence-electron chi connectivity index (χ0n) is 17.7. The van der Waals surface area contributed by atoms with E-state index in [0.717, 1.165) is 11.0 Å². The minimum Gasteiger partial charge on any atom is -0.455 e. The number of hydrogen-bond donors (Lipinski definition) is 2. The maximum Gasteiger partial charge on any atom is 0.460 e. The van der Waals surface area contributed by atoms with Crippen molar-refractivity contribution in [3.8, 4) is 0 Å². The van der Waals surface area contributed by atoms with E-state index in [1.165, 1.54) is 6.92 Å². The van der Waals surface area contributed by atoms with Gasteiger partial charge in [-0.1, -0.05) is 17.7 Å². The molecule has 34 heavy (non-hydrogen) atoms. The number of carbonyl (C=O) groups excluding carboxylic acids is 2. The molecule has 1 aliphatic carbocycles. The van der Waals surface area contributed by atoms with Crippen LogP contribution in [0.4, 0.5) is 36.4 Å². The van der Waals surface area contributed by atoms with Crippen LogP contribution in [0.25, 0.3) is 0 Å². The molecule has 1 heterocycles. The Morgan fingerprint density at radius 2 is 1.59 bits per heavy atom. The smallest absolute Gasteiger partial charge is 0.455 e. The van der Waals surface area contributed by atoms with Crippen LogP contribution in [0.2, 0.25) is 0 Å². The van der Waals surface area contributed by atoms with E-state index in [0.29, 0.717) is 18.5 Å². The molecule has 13 heteroatoms. The van der Waals surface area contributed by atoms with Gasteiger partial charge in [-0.15, -0.1) is 0 Å². The second-order valence-electron chi connectivity index (χ2n) is 7.67. The molecule has 2 N–H and O–H groups in total. The van der Waals surface area contributed by atoms with Crippen molar-refractivity contribution >= 4 is 23.2 Å². The van der Waals surface area contributed by atoms with Gasteiger partial charge in [0.05, 0.1) is 5.71 Å². The van der Waals surface area contributed by atoms with E-state index in [1.54, 1.807) is 24.3 Å². The van der Waals surface area contributed by atoms with Crippen molar-refractivity contribution in [2.75, 3.05) is 5.32 Å². The lowest BCUT2D eigenvalue weighted by Crippen LogP contribution is -2.58. The average Bonchev–Trinajstić information content (AvgIpc) is 3.10. The SMILES string of the molecule is Cc1ccc(NC(=O)c2oc3c(c2C)/C(=N/NC(=O)C(F)(F)C(F)(F)C(F)(F)F)CCC3)cc1. The van der Waals surface area contributed by atoms with E-state index in [2.05, 4.69) is 10.4 Å². The number of nitrogens with one attached hydrogen (secondary N) is 2. The summed E-state index contributed by atoms with van der Waals surface area (Å²) in [5.41, 5.74) is 2.85. The molecular weight excluding hydrogens is 475 g/mol. The monoisotopic (exact) mass is 493 g/mol. The van der Waals surface area contributed by atoms with E-state index in [-0.39, 0.29) is 34.8 Å². The van der Waals surface area contributed by atoms with Crippen LogP contribution < -0.4 is 10.7 Å². The van der Waals surface area contributed by atoms with Crippen molar-refractivity contribution in [2.24, 2.45) is 5.10 Å². The van der Waals surface area contributed by atoms with E-state index < -0.39 is 29.8 Å².